The predicted octanol–water partition coefficient (Wildman–Crippen LogP) is 0.869. The number of benzene rings is 1. The number of nitrogens with zero attached hydrogens (tertiary/aromatic N) is 1. The van der Waals surface area contributed by atoms with Crippen LogP contribution in [0, 0.1) is 0 Å². The molecular weight excluding hydrogens is 260 g/mol. The Labute approximate surface area is 117 Å². The van der Waals surface area contributed by atoms with Gasteiger partial charge in [-0.25, -0.2) is 0 Å². The molecule has 1 rings (SSSR count). The third-order valence-corrected chi connectivity index (χ3v) is 2.66. The Morgan fingerprint density at radius 2 is 1.70 bits per heavy atom. The topological polar surface area (TPSA) is 86.7 Å². The molecule has 0 spiro atoms. The molecule has 0 aliphatic carbocycles. The van der Waals surface area contributed by atoms with E-state index in [0.29, 0.717) is 12.1 Å². The van der Waals surface area contributed by atoms with E-state index in [9.17, 15) is 14.4 Å². The van der Waals surface area contributed by atoms with Gasteiger partial charge in [0.1, 0.15) is 0 Å². The molecule has 0 aliphatic heterocycles. The summed E-state index contributed by atoms with van der Waals surface area (Å²) in [4.78, 5) is 34.8. The van der Waals surface area contributed by atoms with Crippen molar-refractivity contribution in [3.63, 3.8) is 0 Å². The van der Waals surface area contributed by atoms with Crippen molar-refractivity contribution < 1.29 is 19.5 Å². The molecule has 0 heterocycles. The Morgan fingerprint density at radius 3 is 2.20 bits per heavy atom. The molecule has 1 aromatic rings. The van der Waals surface area contributed by atoms with Crippen molar-refractivity contribution in [1.82, 2.24) is 10.2 Å². The molecule has 0 radical (unpaired) electrons. The molecule has 0 bridgehead atoms. The van der Waals surface area contributed by atoms with E-state index in [0.717, 1.165) is 5.56 Å². The number of carbonyl (C=O) groups is 3. The summed E-state index contributed by atoms with van der Waals surface area (Å²) >= 11 is 0. The maximum absolute atomic E-state index is 11.7. The van der Waals surface area contributed by atoms with E-state index < -0.39 is 5.97 Å². The van der Waals surface area contributed by atoms with Crippen LogP contribution in [0.3, 0.4) is 0 Å². The number of carbonyl (C=O) groups excluding carboxylic acids is 2. The fourth-order valence-electron chi connectivity index (χ4n) is 1.53. The molecule has 0 fully saturated rings. The molecule has 108 valence electrons. The summed E-state index contributed by atoms with van der Waals surface area (Å²) < 4.78 is 0. The Balaban J connectivity index is 2.48. The first-order valence-corrected chi connectivity index (χ1v) is 6.19. The second-order valence-electron chi connectivity index (χ2n) is 4.57. The number of hydrogen-bond acceptors (Lipinski definition) is 3. The van der Waals surface area contributed by atoms with E-state index in [4.69, 9.17) is 5.11 Å². The van der Waals surface area contributed by atoms with E-state index in [-0.39, 0.29) is 24.7 Å². The third kappa shape index (κ3) is 5.09. The van der Waals surface area contributed by atoms with Gasteiger partial charge >= 0.3 is 5.97 Å². The number of aliphatic carboxylic acids is 1. The Bertz CT molecular complexity index is 494. The fourth-order valence-corrected chi connectivity index (χ4v) is 1.53. The Kier molecular flexibility index (Phi) is 5.71. The highest BCUT2D eigenvalue weighted by atomic mass is 16.4. The number of amides is 2. The zero-order valence-corrected chi connectivity index (χ0v) is 11.5. The molecule has 6 heteroatoms. The average Bonchev–Trinajstić information content (AvgIpc) is 2.42. The predicted molar refractivity (Wildman–Crippen MR) is 73.2 cm³/mol. The van der Waals surface area contributed by atoms with Gasteiger partial charge in [-0.15, -0.1) is 0 Å². The van der Waals surface area contributed by atoms with E-state index in [1.807, 2.05) is 0 Å². The van der Waals surface area contributed by atoms with Crippen molar-refractivity contribution in [2.45, 2.75) is 19.4 Å². The number of nitrogens with one attached hydrogen (secondary N) is 1. The molecule has 1 aromatic carbocycles. The number of rotatable bonds is 6. The van der Waals surface area contributed by atoms with Crippen molar-refractivity contribution >= 4 is 17.8 Å². The minimum Gasteiger partial charge on any atom is -0.481 e. The summed E-state index contributed by atoms with van der Waals surface area (Å²) in [5.74, 6) is -1.38. The molecule has 0 unspecified atom stereocenters. The lowest BCUT2D eigenvalue weighted by Gasteiger charge is -2.10. The van der Waals surface area contributed by atoms with Gasteiger partial charge in [-0.05, 0) is 17.7 Å². The second kappa shape index (κ2) is 7.28. The molecule has 2 N–H and O–H groups in total. The normalized spacial score (nSPS) is 9.90. The lowest BCUT2D eigenvalue weighted by atomic mass is 10.1. The van der Waals surface area contributed by atoms with Crippen molar-refractivity contribution in [1.29, 1.82) is 0 Å². The first-order valence-electron chi connectivity index (χ1n) is 6.19. The van der Waals surface area contributed by atoms with Gasteiger partial charge in [0, 0.05) is 32.6 Å². The SMILES string of the molecule is CN(C)C(=O)c1ccc(CNC(=O)CCC(=O)O)cc1. The molecule has 0 aliphatic rings. The Morgan fingerprint density at radius 1 is 1.10 bits per heavy atom. The molecule has 6 nitrogen and oxygen atoms in total. The van der Waals surface area contributed by atoms with Crippen LogP contribution in [0.1, 0.15) is 28.8 Å². The largest absolute Gasteiger partial charge is 0.481 e. The number of hydrogen-bond donors (Lipinski definition) is 2. The highest BCUT2D eigenvalue weighted by Crippen LogP contribution is 2.06. The van der Waals surface area contributed by atoms with Gasteiger partial charge in [0.05, 0.1) is 6.42 Å². The smallest absolute Gasteiger partial charge is 0.303 e. The molecular formula is C14H18N2O4. The minimum absolute atomic E-state index is 0.0352. The number of carboxylic acids is 1. The average molecular weight is 278 g/mol. The molecule has 2 amide bonds. The van der Waals surface area contributed by atoms with Gasteiger partial charge in [-0.1, -0.05) is 12.1 Å². The maximum atomic E-state index is 11.7. The van der Waals surface area contributed by atoms with Gasteiger partial charge in [0.25, 0.3) is 5.91 Å². The van der Waals surface area contributed by atoms with Crippen LogP contribution in [-0.2, 0) is 16.1 Å². The van der Waals surface area contributed by atoms with Crippen LogP contribution < -0.4 is 5.32 Å². The highest BCUT2D eigenvalue weighted by molar-refractivity contribution is 5.93. The zero-order chi connectivity index (χ0) is 15.1. The fraction of sp³-hybridized carbons (Fsp3) is 0.357. The minimum atomic E-state index is -0.994. The monoisotopic (exact) mass is 278 g/mol. The summed E-state index contributed by atoms with van der Waals surface area (Å²) in [6, 6.07) is 6.91. The van der Waals surface area contributed by atoms with Crippen molar-refractivity contribution in [3.8, 4) is 0 Å². The van der Waals surface area contributed by atoms with E-state index in [1.54, 1.807) is 38.4 Å². The quantitative estimate of drug-likeness (QED) is 0.808. The van der Waals surface area contributed by atoms with Crippen molar-refractivity contribution in [2.24, 2.45) is 0 Å². The lowest BCUT2D eigenvalue weighted by molar-refractivity contribution is -0.138. The van der Waals surface area contributed by atoms with Crippen LogP contribution in [0.2, 0.25) is 0 Å². The second-order valence-corrected chi connectivity index (χ2v) is 4.57. The van der Waals surface area contributed by atoms with Gasteiger partial charge < -0.3 is 15.3 Å². The molecule has 0 saturated carbocycles. The van der Waals surface area contributed by atoms with Crippen molar-refractivity contribution in [3.05, 3.63) is 35.4 Å². The van der Waals surface area contributed by atoms with Gasteiger partial charge in [0.15, 0.2) is 0 Å². The first kappa shape index (κ1) is 15.7. The highest BCUT2D eigenvalue weighted by Gasteiger charge is 2.08. The summed E-state index contributed by atoms with van der Waals surface area (Å²) in [6.45, 7) is 0.314. The van der Waals surface area contributed by atoms with Crippen LogP contribution >= 0.6 is 0 Å². The van der Waals surface area contributed by atoms with Gasteiger partial charge in [0.2, 0.25) is 5.91 Å². The van der Waals surface area contributed by atoms with E-state index >= 15 is 0 Å². The standard InChI is InChI=1S/C14H18N2O4/c1-16(2)14(20)11-5-3-10(4-6-11)9-15-12(17)7-8-13(18)19/h3-6H,7-9H2,1-2H3,(H,15,17)(H,18,19). The summed E-state index contributed by atoms with van der Waals surface area (Å²) in [5, 5.41) is 11.1. The molecule has 0 atom stereocenters. The van der Waals surface area contributed by atoms with Crippen LogP contribution in [0.4, 0.5) is 0 Å². The summed E-state index contributed by atoms with van der Waals surface area (Å²) in [5.41, 5.74) is 1.43. The lowest BCUT2D eigenvalue weighted by Crippen LogP contribution is -2.23. The van der Waals surface area contributed by atoms with Crippen LogP contribution in [0.25, 0.3) is 0 Å². The molecule has 0 saturated heterocycles. The Hall–Kier alpha value is -2.37. The first-order chi connectivity index (χ1) is 9.40. The molecule has 20 heavy (non-hydrogen) atoms. The maximum Gasteiger partial charge on any atom is 0.303 e. The zero-order valence-electron chi connectivity index (χ0n) is 11.5. The van der Waals surface area contributed by atoms with Crippen LogP contribution in [0.15, 0.2) is 24.3 Å². The summed E-state index contributed by atoms with van der Waals surface area (Å²) in [6.07, 6.45) is -0.214. The van der Waals surface area contributed by atoms with Crippen molar-refractivity contribution in [2.75, 3.05) is 14.1 Å². The van der Waals surface area contributed by atoms with Gasteiger partial charge in [-0.2, -0.15) is 0 Å². The van der Waals surface area contributed by atoms with Gasteiger partial charge in [-0.3, -0.25) is 14.4 Å². The molecule has 0 aromatic heterocycles. The number of carboxylic acid groups (broad SMARTS) is 1. The summed E-state index contributed by atoms with van der Waals surface area (Å²) in [7, 11) is 3.36. The van der Waals surface area contributed by atoms with Crippen LogP contribution in [-0.4, -0.2) is 41.9 Å². The van der Waals surface area contributed by atoms with E-state index in [2.05, 4.69) is 5.32 Å². The van der Waals surface area contributed by atoms with Crippen LogP contribution in [0.5, 0.6) is 0 Å². The van der Waals surface area contributed by atoms with E-state index in [1.165, 1.54) is 4.90 Å². The third-order valence-electron chi connectivity index (χ3n) is 2.66.